The number of rotatable bonds is 8. The molecule has 0 radical (unpaired) electrons. The lowest BCUT2D eigenvalue weighted by Crippen LogP contribution is -2.24. The van der Waals surface area contributed by atoms with E-state index >= 15 is 0 Å². The van der Waals surface area contributed by atoms with Crippen LogP contribution >= 0.6 is 23.1 Å². The molecule has 25 heavy (non-hydrogen) atoms. The first-order chi connectivity index (χ1) is 12.0. The molecule has 0 spiro atoms. The minimum Gasteiger partial charge on any atom is -0.326 e. The SMILES string of the molecule is CCCC(=O)Nc1cccc(SC(CC)C(=O)Nc2nc(C)cs2)c1. The molecule has 0 fully saturated rings. The fourth-order valence-corrected chi connectivity index (χ4v) is 3.89. The molecule has 2 amide bonds. The molecule has 2 aromatic rings. The van der Waals surface area contributed by atoms with E-state index in [1.807, 2.05) is 50.4 Å². The van der Waals surface area contributed by atoms with Gasteiger partial charge in [-0.25, -0.2) is 4.98 Å². The van der Waals surface area contributed by atoms with Gasteiger partial charge in [-0.15, -0.1) is 23.1 Å². The lowest BCUT2D eigenvalue weighted by molar-refractivity contribution is -0.116. The number of hydrogen-bond acceptors (Lipinski definition) is 5. The van der Waals surface area contributed by atoms with Crippen molar-refractivity contribution in [3.63, 3.8) is 0 Å². The third-order valence-electron chi connectivity index (χ3n) is 3.39. The normalized spacial score (nSPS) is 11.8. The summed E-state index contributed by atoms with van der Waals surface area (Å²) in [5, 5.41) is 8.08. The quantitative estimate of drug-likeness (QED) is 0.654. The number of thioether (sulfide) groups is 1. The van der Waals surface area contributed by atoms with Crippen LogP contribution < -0.4 is 10.6 Å². The minimum atomic E-state index is -0.217. The van der Waals surface area contributed by atoms with Crippen LogP contribution in [0.2, 0.25) is 0 Å². The third-order valence-corrected chi connectivity index (χ3v) is 5.62. The Hall–Kier alpha value is -1.86. The summed E-state index contributed by atoms with van der Waals surface area (Å²) in [5.41, 5.74) is 1.66. The molecule has 134 valence electrons. The number of anilines is 2. The maximum absolute atomic E-state index is 12.5. The van der Waals surface area contributed by atoms with Crippen LogP contribution in [0, 0.1) is 6.92 Å². The highest BCUT2D eigenvalue weighted by Crippen LogP contribution is 2.29. The van der Waals surface area contributed by atoms with Gasteiger partial charge in [0.2, 0.25) is 11.8 Å². The molecular weight excluding hydrogens is 354 g/mol. The van der Waals surface area contributed by atoms with Gasteiger partial charge in [0.05, 0.1) is 10.9 Å². The minimum absolute atomic E-state index is 0.00794. The zero-order valence-corrected chi connectivity index (χ0v) is 16.3. The summed E-state index contributed by atoms with van der Waals surface area (Å²) < 4.78 is 0. The average Bonchev–Trinajstić information content (AvgIpc) is 2.98. The number of nitrogens with one attached hydrogen (secondary N) is 2. The summed E-state index contributed by atoms with van der Waals surface area (Å²) in [7, 11) is 0. The summed E-state index contributed by atoms with van der Waals surface area (Å²) in [5.74, 6) is -0.0455. The van der Waals surface area contributed by atoms with Gasteiger partial charge in [-0.1, -0.05) is 19.9 Å². The van der Waals surface area contributed by atoms with Crippen LogP contribution in [-0.4, -0.2) is 22.0 Å². The highest BCUT2D eigenvalue weighted by molar-refractivity contribution is 8.00. The summed E-state index contributed by atoms with van der Waals surface area (Å²) in [4.78, 5) is 29.4. The second-order valence-electron chi connectivity index (χ2n) is 5.62. The third kappa shape index (κ3) is 6.17. The lowest BCUT2D eigenvalue weighted by Gasteiger charge is -2.14. The molecule has 1 heterocycles. The van der Waals surface area contributed by atoms with Crippen molar-refractivity contribution in [2.75, 3.05) is 10.6 Å². The first-order valence-corrected chi connectivity index (χ1v) is 10.1. The van der Waals surface area contributed by atoms with Crippen molar-refractivity contribution in [1.29, 1.82) is 0 Å². The van der Waals surface area contributed by atoms with Crippen molar-refractivity contribution in [3.05, 3.63) is 35.3 Å². The lowest BCUT2D eigenvalue weighted by atomic mass is 10.3. The number of thiazole rings is 1. The van der Waals surface area contributed by atoms with Crippen LogP contribution in [0.25, 0.3) is 0 Å². The number of carbonyl (C=O) groups is 2. The Morgan fingerprint density at radius 1 is 1.28 bits per heavy atom. The Kier molecular flexibility index (Phi) is 7.46. The number of amides is 2. The average molecular weight is 378 g/mol. The van der Waals surface area contributed by atoms with Crippen molar-refractivity contribution in [2.45, 2.75) is 50.2 Å². The molecule has 1 atom stereocenters. The van der Waals surface area contributed by atoms with Crippen molar-refractivity contribution in [3.8, 4) is 0 Å². The van der Waals surface area contributed by atoms with E-state index in [0.29, 0.717) is 18.0 Å². The Balaban J connectivity index is 2.00. The monoisotopic (exact) mass is 377 g/mol. The van der Waals surface area contributed by atoms with E-state index in [9.17, 15) is 9.59 Å². The van der Waals surface area contributed by atoms with Gasteiger partial charge in [-0.3, -0.25) is 9.59 Å². The van der Waals surface area contributed by atoms with Crippen molar-refractivity contribution >= 4 is 45.7 Å². The van der Waals surface area contributed by atoms with Crippen LogP contribution in [0.4, 0.5) is 10.8 Å². The van der Waals surface area contributed by atoms with Gasteiger partial charge in [-0.05, 0) is 38.0 Å². The van der Waals surface area contributed by atoms with E-state index in [0.717, 1.165) is 22.7 Å². The molecule has 0 saturated carbocycles. The summed E-state index contributed by atoms with van der Waals surface area (Å²) >= 11 is 2.92. The summed E-state index contributed by atoms with van der Waals surface area (Å²) in [6.45, 7) is 5.86. The Morgan fingerprint density at radius 2 is 2.08 bits per heavy atom. The molecule has 0 saturated heterocycles. The number of aryl methyl sites for hydroxylation is 1. The molecular formula is C18H23N3O2S2. The Labute approximate surface area is 156 Å². The molecule has 1 aromatic carbocycles. The molecule has 2 N–H and O–H groups in total. The molecule has 0 aliphatic carbocycles. The van der Waals surface area contributed by atoms with E-state index in [1.165, 1.54) is 23.1 Å². The van der Waals surface area contributed by atoms with Gasteiger partial charge in [0.15, 0.2) is 5.13 Å². The predicted molar refractivity (Wildman–Crippen MR) is 105 cm³/mol. The number of aromatic nitrogens is 1. The van der Waals surface area contributed by atoms with Gasteiger partial charge in [0.25, 0.3) is 0 Å². The van der Waals surface area contributed by atoms with Crippen LogP contribution in [0.3, 0.4) is 0 Å². The topological polar surface area (TPSA) is 71.1 Å². The fourth-order valence-electron chi connectivity index (χ4n) is 2.18. The van der Waals surface area contributed by atoms with Gasteiger partial charge >= 0.3 is 0 Å². The standard InChI is InChI=1S/C18H23N3O2S2/c1-4-7-16(22)20-13-8-6-9-14(10-13)25-15(5-2)17(23)21-18-19-12(3)11-24-18/h6,8-11,15H,4-5,7H2,1-3H3,(H,20,22)(H,19,21,23). The zero-order valence-electron chi connectivity index (χ0n) is 14.7. The predicted octanol–water partition coefficient (Wildman–Crippen LogP) is 4.70. The number of nitrogens with zero attached hydrogens (tertiary/aromatic N) is 1. The van der Waals surface area contributed by atoms with E-state index in [1.54, 1.807) is 0 Å². The van der Waals surface area contributed by atoms with Crippen LogP contribution in [-0.2, 0) is 9.59 Å². The van der Waals surface area contributed by atoms with E-state index in [4.69, 9.17) is 0 Å². The first-order valence-electron chi connectivity index (χ1n) is 8.31. The number of hydrogen-bond donors (Lipinski definition) is 2. The van der Waals surface area contributed by atoms with Crippen LogP contribution in [0.15, 0.2) is 34.5 Å². The number of benzene rings is 1. The summed E-state index contributed by atoms with van der Waals surface area (Å²) in [6.07, 6.45) is 2.02. The molecule has 2 rings (SSSR count). The second kappa shape index (κ2) is 9.58. The highest BCUT2D eigenvalue weighted by atomic mass is 32.2. The largest absolute Gasteiger partial charge is 0.326 e. The maximum atomic E-state index is 12.5. The number of carbonyl (C=O) groups excluding carboxylic acids is 2. The molecule has 0 bridgehead atoms. The van der Waals surface area contributed by atoms with E-state index in [2.05, 4.69) is 15.6 Å². The van der Waals surface area contributed by atoms with Crippen molar-refractivity contribution in [1.82, 2.24) is 4.98 Å². The highest BCUT2D eigenvalue weighted by Gasteiger charge is 2.19. The second-order valence-corrected chi connectivity index (χ2v) is 7.76. The van der Waals surface area contributed by atoms with Gasteiger partial charge in [0, 0.05) is 22.4 Å². The van der Waals surface area contributed by atoms with Crippen molar-refractivity contribution in [2.24, 2.45) is 0 Å². The van der Waals surface area contributed by atoms with Gasteiger partial charge in [0.1, 0.15) is 0 Å². The first kappa shape index (κ1) is 19.5. The van der Waals surface area contributed by atoms with E-state index < -0.39 is 0 Å². The smallest absolute Gasteiger partial charge is 0.239 e. The molecule has 1 unspecified atom stereocenters. The molecule has 5 nitrogen and oxygen atoms in total. The van der Waals surface area contributed by atoms with Gasteiger partial charge < -0.3 is 10.6 Å². The maximum Gasteiger partial charge on any atom is 0.239 e. The Morgan fingerprint density at radius 3 is 2.72 bits per heavy atom. The fraction of sp³-hybridized carbons (Fsp3) is 0.389. The van der Waals surface area contributed by atoms with Crippen LogP contribution in [0.1, 0.15) is 38.8 Å². The molecule has 7 heteroatoms. The van der Waals surface area contributed by atoms with E-state index in [-0.39, 0.29) is 17.1 Å². The van der Waals surface area contributed by atoms with Gasteiger partial charge in [-0.2, -0.15) is 0 Å². The Bertz CT molecular complexity index is 731. The van der Waals surface area contributed by atoms with Crippen LogP contribution in [0.5, 0.6) is 0 Å². The van der Waals surface area contributed by atoms with Crippen molar-refractivity contribution < 1.29 is 9.59 Å². The molecule has 0 aliphatic heterocycles. The molecule has 0 aliphatic rings. The zero-order chi connectivity index (χ0) is 18.2. The molecule has 1 aromatic heterocycles. The summed E-state index contributed by atoms with van der Waals surface area (Å²) in [6, 6.07) is 7.60.